The van der Waals surface area contributed by atoms with Gasteiger partial charge in [-0.1, -0.05) is 25.4 Å². The molecule has 6 nitrogen and oxygen atoms in total. The maximum atomic E-state index is 13.3. The van der Waals surface area contributed by atoms with E-state index in [1.165, 1.54) is 12.1 Å². The maximum Gasteiger partial charge on any atom is 0.255 e. The molecule has 32 heavy (non-hydrogen) atoms. The van der Waals surface area contributed by atoms with Crippen LogP contribution in [0.4, 0.5) is 4.39 Å². The zero-order valence-corrected chi connectivity index (χ0v) is 19.3. The number of rotatable bonds is 7. The van der Waals surface area contributed by atoms with E-state index in [2.05, 4.69) is 13.8 Å². The van der Waals surface area contributed by atoms with Gasteiger partial charge in [0.2, 0.25) is 0 Å². The monoisotopic (exact) mass is 462 g/mol. The molecule has 3 rings (SSSR count). The van der Waals surface area contributed by atoms with Crippen LogP contribution in [0.5, 0.6) is 11.5 Å². The highest BCUT2D eigenvalue weighted by Gasteiger charge is 2.27. The van der Waals surface area contributed by atoms with Gasteiger partial charge < -0.3 is 19.3 Å². The molecule has 0 radical (unpaired) electrons. The first-order chi connectivity index (χ1) is 15.3. The smallest absolute Gasteiger partial charge is 0.255 e. The molecule has 172 valence electrons. The molecular formula is C24H28ClFN2O4. The fourth-order valence-corrected chi connectivity index (χ4v) is 3.70. The largest absolute Gasteiger partial charge is 0.493 e. The van der Waals surface area contributed by atoms with Crippen molar-refractivity contribution in [3.63, 3.8) is 0 Å². The lowest BCUT2D eigenvalue weighted by atomic mass is 10.1. The predicted octanol–water partition coefficient (Wildman–Crippen LogP) is 4.51. The highest BCUT2D eigenvalue weighted by atomic mass is 35.5. The number of carbonyl (C=O) groups excluding carboxylic acids is 2. The molecule has 0 unspecified atom stereocenters. The summed E-state index contributed by atoms with van der Waals surface area (Å²) in [4.78, 5) is 29.0. The molecule has 0 aliphatic carbocycles. The molecule has 2 aromatic carbocycles. The van der Waals surface area contributed by atoms with E-state index in [9.17, 15) is 14.0 Å². The fourth-order valence-electron chi connectivity index (χ4n) is 3.45. The minimum absolute atomic E-state index is 0.0799. The van der Waals surface area contributed by atoms with E-state index in [4.69, 9.17) is 21.1 Å². The highest BCUT2D eigenvalue weighted by molar-refractivity contribution is 6.33. The zero-order chi connectivity index (χ0) is 23.3. The van der Waals surface area contributed by atoms with Gasteiger partial charge in [0.15, 0.2) is 11.5 Å². The first-order valence-electron chi connectivity index (χ1n) is 10.6. The van der Waals surface area contributed by atoms with E-state index in [-0.39, 0.29) is 22.4 Å². The summed E-state index contributed by atoms with van der Waals surface area (Å²) in [5, 5.41) is 0.0799. The van der Waals surface area contributed by atoms with Crippen molar-refractivity contribution in [3.8, 4) is 11.5 Å². The Labute approximate surface area is 192 Å². The molecule has 1 heterocycles. The summed E-state index contributed by atoms with van der Waals surface area (Å²) >= 11 is 6.02. The van der Waals surface area contributed by atoms with Crippen LogP contribution < -0.4 is 9.47 Å². The van der Waals surface area contributed by atoms with Gasteiger partial charge in [0, 0.05) is 31.7 Å². The number of benzene rings is 2. The zero-order valence-electron chi connectivity index (χ0n) is 18.6. The van der Waals surface area contributed by atoms with Gasteiger partial charge in [-0.2, -0.15) is 0 Å². The second kappa shape index (κ2) is 10.7. The number of methoxy groups -OCH3 is 1. The third-order valence-electron chi connectivity index (χ3n) is 5.38. The third-order valence-corrected chi connectivity index (χ3v) is 5.69. The van der Waals surface area contributed by atoms with E-state index in [0.29, 0.717) is 55.8 Å². The molecule has 1 fully saturated rings. The van der Waals surface area contributed by atoms with Crippen LogP contribution in [0.2, 0.25) is 5.02 Å². The number of piperazine rings is 1. The van der Waals surface area contributed by atoms with Crippen LogP contribution in [-0.2, 0) is 0 Å². The minimum atomic E-state index is -0.492. The Morgan fingerprint density at radius 3 is 2.25 bits per heavy atom. The molecule has 2 amide bonds. The van der Waals surface area contributed by atoms with E-state index >= 15 is 0 Å². The molecule has 0 aromatic heterocycles. The molecule has 0 bridgehead atoms. The maximum absolute atomic E-state index is 13.3. The van der Waals surface area contributed by atoms with Crippen LogP contribution in [0.25, 0.3) is 0 Å². The average Bonchev–Trinajstić information content (AvgIpc) is 2.78. The van der Waals surface area contributed by atoms with E-state index in [1.807, 2.05) is 0 Å². The predicted molar refractivity (Wildman–Crippen MR) is 121 cm³/mol. The van der Waals surface area contributed by atoms with Crippen molar-refractivity contribution >= 4 is 23.4 Å². The number of ether oxygens (including phenoxy) is 2. The molecule has 0 saturated carbocycles. The van der Waals surface area contributed by atoms with Gasteiger partial charge >= 0.3 is 0 Å². The van der Waals surface area contributed by atoms with E-state index < -0.39 is 5.82 Å². The van der Waals surface area contributed by atoms with E-state index in [0.717, 1.165) is 12.5 Å². The van der Waals surface area contributed by atoms with Gasteiger partial charge in [-0.05, 0) is 48.7 Å². The van der Waals surface area contributed by atoms with Gasteiger partial charge in [0.25, 0.3) is 11.8 Å². The lowest BCUT2D eigenvalue weighted by Crippen LogP contribution is -2.50. The van der Waals surface area contributed by atoms with Crippen molar-refractivity contribution in [2.45, 2.75) is 20.3 Å². The Kier molecular flexibility index (Phi) is 7.96. The number of halogens is 2. The number of hydrogen-bond acceptors (Lipinski definition) is 4. The number of carbonyl (C=O) groups is 2. The van der Waals surface area contributed by atoms with Gasteiger partial charge in [0.05, 0.1) is 24.3 Å². The molecule has 8 heteroatoms. The lowest BCUT2D eigenvalue weighted by molar-refractivity contribution is 0.0535. The van der Waals surface area contributed by atoms with Crippen LogP contribution in [0.3, 0.4) is 0 Å². The standard InChI is InChI=1S/C24H28ClFN2O4/c1-16(2)8-13-32-21-7-4-17(14-22(21)31-3)23(29)27-9-11-28(12-10-27)24(30)19-6-5-18(26)15-20(19)25/h4-7,14-16H,8-13H2,1-3H3. The van der Waals surface area contributed by atoms with Gasteiger partial charge in [0.1, 0.15) is 5.82 Å². The molecule has 0 N–H and O–H groups in total. The number of hydrogen-bond donors (Lipinski definition) is 0. The molecule has 0 spiro atoms. The molecule has 0 atom stereocenters. The van der Waals surface area contributed by atoms with Gasteiger partial charge in [-0.25, -0.2) is 4.39 Å². The topological polar surface area (TPSA) is 59.1 Å². The second-order valence-corrected chi connectivity index (χ2v) is 8.51. The fraction of sp³-hybridized carbons (Fsp3) is 0.417. The first kappa shape index (κ1) is 23.9. The van der Waals surface area contributed by atoms with Crippen LogP contribution in [0.1, 0.15) is 41.0 Å². The second-order valence-electron chi connectivity index (χ2n) is 8.11. The Balaban J connectivity index is 1.61. The van der Waals surface area contributed by atoms with Crippen LogP contribution in [-0.4, -0.2) is 61.5 Å². The molecule has 2 aromatic rings. The molecule has 1 aliphatic heterocycles. The summed E-state index contributed by atoms with van der Waals surface area (Å²) in [6, 6.07) is 8.88. The van der Waals surface area contributed by atoms with Crippen molar-refractivity contribution < 1.29 is 23.5 Å². The Hall–Kier alpha value is -2.80. The SMILES string of the molecule is COc1cc(C(=O)N2CCN(C(=O)c3ccc(F)cc3Cl)CC2)ccc1OCCC(C)C. The Morgan fingerprint density at radius 1 is 1.00 bits per heavy atom. The average molecular weight is 463 g/mol. The normalized spacial score (nSPS) is 13.9. The number of nitrogens with zero attached hydrogens (tertiary/aromatic N) is 2. The summed E-state index contributed by atoms with van der Waals surface area (Å²) in [5.74, 6) is 0.756. The molecular weight excluding hydrogens is 435 g/mol. The Morgan fingerprint density at radius 2 is 1.66 bits per heavy atom. The van der Waals surface area contributed by atoms with Gasteiger partial charge in [-0.15, -0.1) is 0 Å². The summed E-state index contributed by atoms with van der Waals surface area (Å²) < 4.78 is 24.5. The van der Waals surface area contributed by atoms with Gasteiger partial charge in [-0.3, -0.25) is 9.59 Å². The summed E-state index contributed by atoms with van der Waals surface area (Å²) in [7, 11) is 1.55. The van der Waals surface area contributed by atoms with Crippen molar-refractivity contribution in [2.24, 2.45) is 5.92 Å². The number of amides is 2. The summed E-state index contributed by atoms with van der Waals surface area (Å²) in [6.45, 7) is 6.34. The van der Waals surface area contributed by atoms with E-state index in [1.54, 1.807) is 35.1 Å². The first-order valence-corrected chi connectivity index (χ1v) is 11.0. The van der Waals surface area contributed by atoms with Crippen molar-refractivity contribution in [2.75, 3.05) is 39.9 Å². The minimum Gasteiger partial charge on any atom is -0.493 e. The van der Waals surface area contributed by atoms with Crippen molar-refractivity contribution in [1.82, 2.24) is 9.80 Å². The third kappa shape index (κ3) is 5.71. The lowest BCUT2D eigenvalue weighted by Gasteiger charge is -2.35. The highest BCUT2D eigenvalue weighted by Crippen LogP contribution is 2.29. The van der Waals surface area contributed by atoms with Crippen LogP contribution in [0.15, 0.2) is 36.4 Å². The van der Waals surface area contributed by atoms with Crippen molar-refractivity contribution in [1.29, 1.82) is 0 Å². The summed E-state index contributed by atoms with van der Waals surface area (Å²) in [5.41, 5.74) is 0.755. The Bertz CT molecular complexity index is 974. The van der Waals surface area contributed by atoms with Crippen LogP contribution in [0, 0.1) is 11.7 Å². The van der Waals surface area contributed by atoms with Crippen LogP contribution >= 0.6 is 11.6 Å². The quantitative estimate of drug-likeness (QED) is 0.607. The molecule has 1 saturated heterocycles. The van der Waals surface area contributed by atoms with Crippen molar-refractivity contribution in [3.05, 3.63) is 58.4 Å². The molecule has 1 aliphatic rings. The summed E-state index contributed by atoms with van der Waals surface area (Å²) in [6.07, 6.45) is 0.927.